The highest BCUT2D eigenvalue weighted by atomic mass is 32.2. The summed E-state index contributed by atoms with van der Waals surface area (Å²) in [6, 6.07) is 4.85. The van der Waals surface area contributed by atoms with E-state index in [0.29, 0.717) is 5.69 Å². The summed E-state index contributed by atoms with van der Waals surface area (Å²) in [6.07, 6.45) is 4.66. The summed E-state index contributed by atoms with van der Waals surface area (Å²) in [5.74, 6) is 0. The topological polar surface area (TPSA) is 72.2 Å². The Balaban J connectivity index is 2.26. The number of benzene rings is 1. The van der Waals surface area contributed by atoms with Gasteiger partial charge in [0.15, 0.2) is 9.84 Å². The Hall–Kier alpha value is -1.23. The summed E-state index contributed by atoms with van der Waals surface area (Å²) < 4.78 is 22.7. The third kappa shape index (κ3) is 2.54. The smallest absolute Gasteiger partial charge is 0.175 e. The van der Waals surface area contributed by atoms with E-state index in [2.05, 4.69) is 12.2 Å². The van der Waals surface area contributed by atoms with Crippen LogP contribution in [0.2, 0.25) is 0 Å². The van der Waals surface area contributed by atoms with Crippen molar-refractivity contribution in [2.24, 2.45) is 0 Å². The molecule has 5 heteroatoms. The molecule has 2 rings (SSSR count). The van der Waals surface area contributed by atoms with Crippen molar-refractivity contribution in [2.45, 2.75) is 36.6 Å². The first kappa shape index (κ1) is 12.2. The Bertz CT molecular complexity index is 533. The molecule has 1 aliphatic carbocycles. The number of nitrogen functional groups attached to an aromatic ring is 1. The molecular formula is C12H18N2O2S. The van der Waals surface area contributed by atoms with Gasteiger partial charge in [-0.05, 0) is 44.4 Å². The third-order valence-corrected chi connectivity index (χ3v) is 4.45. The monoisotopic (exact) mass is 254 g/mol. The molecule has 0 amide bonds. The Morgan fingerprint density at radius 3 is 2.41 bits per heavy atom. The summed E-state index contributed by atoms with van der Waals surface area (Å²) in [5, 5.41) is 3.38. The second-order valence-corrected chi connectivity index (χ2v) is 7.08. The maximum atomic E-state index is 11.4. The molecule has 0 aliphatic heterocycles. The van der Waals surface area contributed by atoms with Crippen molar-refractivity contribution in [3.63, 3.8) is 0 Å². The average Bonchev–Trinajstić information content (AvgIpc) is 2.17. The van der Waals surface area contributed by atoms with Crippen molar-refractivity contribution < 1.29 is 8.42 Å². The van der Waals surface area contributed by atoms with Gasteiger partial charge in [0.05, 0.1) is 16.3 Å². The minimum Gasteiger partial charge on any atom is -0.397 e. The molecule has 0 spiro atoms. The van der Waals surface area contributed by atoms with Crippen molar-refractivity contribution in [2.75, 3.05) is 17.3 Å². The van der Waals surface area contributed by atoms with Gasteiger partial charge in [0.25, 0.3) is 0 Å². The Morgan fingerprint density at radius 2 is 2.00 bits per heavy atom. The molecular weight excluding hydrogens is 236 g/mol. The van der Waals surface area contributed by atoms with Crippen LogP contribution < -0.4 is 11.1 Å². The molecule has 1 aliphatic rings. The lowest BCUT2D eigenvalue weighted by molar-refractivity contribution is 0.307. The minimum absolute atomic E-state index is 0.112. The van der Waals surface area contributed by atoms with Crippen molar-refractivity contribution in [1.29, 1.82) is 0 Å². The van der Waals surface area contributed by atoms with Crippen LogP contribution in [0, 0.1) is 0 Å². The van der Waals surface area contributed by atoms with E-state index in [1.165, 1.54) is 18.7 Å². The van der Waals surface area contributed by atoms with Crippen LogP contribution in [0.4, 0.5) is 11.4 Å². The van der Waals surface area contributed by atoms with E-state index in [-0.39, 0.29) is 10.4 Å². The Labute approximate surface area is 102 Å². The van der Waals surface area contributed by atoms with E-state index in [1.54, 1.807) is 12.1 Å². The van der Waals surface area contributed by atoms with Crippen LogP contribution in [-0.4, -0.2) is 20.2 Å². The Morgan fingerprint density at radius 1 is 1.35 bits per heavy atom. The molecule has 17 heavy (non-hydrogen) atoms. The van der Waals surface area contributed by atoms with Gasteiger partial charge in [-0.15, -0.1) is 0 Å². The number of anilines is 2. The lowest BCUT2D eigenvalue weighted by Gasteiger charge is -2.40. The van der Waals surface area contributed by atoms with Crippen LogP contribution in [0.5, 0.6) is 0 Å². The molecule has 3 N–H and O–H groups in total. The van der Waals surface area contributed by atoms with Crippen LogP contribution >= 0.6 is 0 Å². The van der Waals surface area contributed by atoms with Gasteiger partial charge >= 0.3 is 0 Å². The number of nitrogens with one attached hydrogen (secondary N) is 1. The lowest BCUT2D eigenvalue weighted by Crippen LogP contribution is -2.41. The van der Waals surface area contributed by atoms with Crippen LogP contribution in [0.1, 0.15) is 26.2 Å². The standard InChI is InChI=1S/C12H18N2O2S/c1-12(6-3-7-12)14-11-5-4-9(8-10(11)13)17(2,15)16/h4-5,8,14H,3,6-7,13H2,1-2H3. The summed E-state index contributed by atoms with van der Waals surface area (Å²) >= 11 is 0. The van der Waals surface area contributed by atoms with Crippen LogP contribution in [-0.2, 0) is 9.84 Å². The van der Waals surface area contributed by atoms with E-state index in [1.807, 2.05) is 0 Å². The molecule has 94 valence electrons. The van der Waals surface area contributed by atoms with E-state index in [4.69, 9.17) is 5.73 Å². The van der Waals surface area contributed by atoms with Crippen molar-refractivity contribution >= 4 is 21.2 Å². The second kappa shape index (κ2) is 3.91. The summed E-state index contributed by atoms with van der Waals surface area (Å²) in [7, 11) is -3.19. The molecule has 0 bridgehead atoms. The molecule has 0 atom stereocenters. The summed E-state index contributed by atoms with van der Waals surface area (Å²) in [4.78, 5) is 0.263. The molecule has 1 aromatic carbocycles. The SMILES string of the molecule is CC1(Nc2ccc(S(C)(=O)=O)cc2N)CCC1. The van der Waals surface area contributed by atoms with E-state index in [0.717, 1.165) is 18.5 Å². The highest BCUT2D eigenvalue weighted by Gasteiger charge is 2.31. The highest BCUT2D eigenvalue weighted by molar-refractivity contribution is 7.90. The number of hydrogen-bond donors (Lipinski definition) is 2. The first-order valence-electron chi connectivity index (χ1n) is 5.68. The third-order valence-electron chi connectivity index (χ3n) is 3.34. The predicted octanol–water partition coefficient (Wildman–Crippen LogP) is 2.03. The zero-order valence-electron chi connectivity index (χ0n) is 10.2. The predicted molar refractivity (Wildman–Crippen MR) is 69.8 cm³/mol. The highest BCUT2D eigenvalue weighted by Crippen LogP contribution is 2.36. The molecule has 0 saturated heterocycles. The first-order valence-corrected chi connectivity index (χ1v) is 7.57. The molecule has 0 radical (unpaired) electrons. The van der Waals surface area contributed by atoms with Gasteiger partial charge in [0, 0.05) is 11.8 Å². The summed E-state index contributed by atoms with van der Waals surface area (Å²) in [6.45, 7) is 2.15. The lowest BCUT2D eigenvalue weighted by atomic mass is 9.78. The van der Waals surface area contributed by atoms with Crippen LogP contribution in [0.3, 0.4) is 0 Å². The van der Waals surface area contributed by atoms with Crippen LogP contribution in [0.15, 0.2) is 23.1 Å². The van der Waals surface area contributed by atoms with Crippen molar-refractivity contribution in [3.05, 3.63) is 18.2 Å². The van der Waals surface area contributed by atoms with Gasteiger partial charge in [0.2, 0.25) is 0 Å². The van der Waals surface area contributed by atoms with Gasteiger partial charge < -0.3 is 11.1 Å². The number of rotatable bonds is 3. The molecule has 4 nitrogen and oxygen atoms in total. The number of hydrogen-bond acceptors (Lipinski definition) is 4. The molecule has 0 unspecified atom stereocenters. The fourth-order valence-electron chi connectivity index (χ4n) is 2.04. The molecule has 1 saturated carbocycles. The largest absolute Gasteiger partial charge is 0.397 e. The van der Waals surface area contributed by atoms with Gasteiger partial charge in [-0.25, -0.2) is 8.42 Å². The fraction of sp³-hybridized carbons (Fsp3) is 0.500. The van der Waals surface area contributed by atoms with E-state index in [9.17, 15) is 8.42 Å². The molecule has 0 heterocycles. The molecule has 1 aromatic rings. The minimum atomic E-state index is -3.19. The number of sulfone groups is 1. The fourth-order valence-corrected chi connectivity index (χ4v) is 2.70. The maximum absolute atomic E-state index is 11.4. The van der Waals surface area contributed by atoms with Gasteiger partial charge in [-0.3, -0.25) is 0 Å². The summed E-state index contributed by atoms with van der Waals surface area (Å²) in [5.41, 5.74) is 7.30. The second-order valence-electron chi connectivity index (χ2n) is 5.06. The molecule has 0 aromatic heterocycles. The van der Waals surface area contributed by atoms with Crippen LogP contribution in [0.25, 0.3) is 0 Å². The van der Waals surface area contributed by atoms with E-state index < -0.39 is 9.84 Å². The first-order chi connectivity index (χ1) is 7.80. The van der Waals surface area contributed by atoms with Crippen molar-refractivity contribution in [1.82, 2.24) is 0 Å². The van der Waals surface area contributed by atoms with Gasteiger partial charge in [-0.2, -0.15) is 0 Å². The van der Waals surface area contributed by atoms with Gasteiger partial charge in [0.1, 0.15) is 0 Å². The number of nitrogens with two attached hydrogens (primary N) is 1. The zero-order chi connectivity index (χ0) is 12.7. The zero-order valence-corrected chi connectivity index (χ0v) is 11.0. The van der Waals surface area contributed by atoms with Crippen molar-refractivity contribution in [3.8, 4) is 0 Å². The van der Waals surface area contributed by atoms with Gasteiger partial charge in [-0.1, -0.05) is 0 Å². The maximum Gasteiger partial charge on any atom is 0.175 e. The molecule has 1 fully saturated rings. The Kier molecular flexibility index (Phi) is 2.81. The normalized spacial score (nSPS) is 18.5. The average molecular weight is 254 g/mol. The van der Waals surface area contributed by atoms with E-state index >= 15 is 0 Å². The quantitative estimate of drug-likeness (QED) is 0.809.